The van der Waals surface area contributed by atoms with Crippen LogP contribution in [0.3, 0.4) is 0 Å². The maximum Gasteiger partial charge on any atom is 0.261 e. The van der Waals surface area contributed by atoms with Crippen molar-refractivity contribution in [3.8, 4) is 0 Å². The molecule has 25 heavy (non-hydrogen) atoms. The Balaban J connectivity index is 2.47. The molecular weight excluding hydrogens is 324 g/mol. The van der Waals surface area contributed by atoms with Crippen molar-refractivity contribution < 1.29 is 9.22 Å². The molecule has 0 aromatic heterocycles. The summed E-state index contributed by atoms with van der Waals surface area (Å²) in [5.41, 5.74) is 0. The van der Waals surface area contributed by atoms with Crippen molar-refractivity contribution in [2.75, 3.05) is 6.61 Å². The Kier molecular flexibility index (Phi) is 6.74. The van der Waals surface area contributed by atoms with Gasteiger partial charge >= 0.3 is 0 Å². The van der Waals surface area contributed by atoms with Crippen LogP contribution < -0.4 is 10.4 Å². The molecule has 134 valence electrons. The highest BCUT2D eigenvalue weighted by atomic mass is 28.4. The van der Waals surface area contributed by atoms with E-state index in [0.717, 1.165) is 12.7 Å². The van der Waals surface area contributed by atoms with Gasteiger partial charge in [-0.25, -0.2) is 0 Å². The first kappa shape index (κ1) is 19.6. The van der Waals surface area contributed by atoms with Crippen molar-refractivity contribution in [1.29, 1.82) is 0 Å². The first-order valence-corrected chi connectivity index (χ1v) is 11.0. The molecule has 0 N–H and O–H groups in total. The third-order valence-corrected chi connectivity index (χ3v) is 9.78. The predicted octanol–water partition coefficient (Wildman–Crippen LogP) is 4.18. The molecule has 0 spiro atoms. The molecule has 2 nitrogen and oxygen atoms in total. The third-order valence-electron chi connectivity index (χ3n) is 4.78. The van der Waals surface area contributed by atoms with E-state index in [4.69, 9.17) is 4.43 Å². The Hall–Kier alpha value is -1.71. The molecule has 1 unspecified atom stereocenters. The lowest BCUT2D eigenvalue weighted by molar-refractivity contribution is -0.108. The topological polar surface area (TPSA) is 26.3 Å². The SMILES string of the molecule is CC(CCC=O)CO[Si](c1ccccc1)(c1ccccc1)C(C)(C)C. The Morgan fingerprint density at radius 3 is 1.84 bits per heavy atom. The van der Waals surface area contributed by atoms with Gasteiger partial charge < -0.3 is 9.22 Å². The summed E-state index contributed by atoms with van der Waals surface area (Å²) in [5.74, 6) is 0.367. The number of aldehydes is 1. The van der Waals surface area contributed by atoms with E-state index in [0.29, 0.717) is 18.9 Å². The summed E-state index contributed by atoms with van der Waals surface area (Å²) in [7, 11) is -2.44. The Labute approximate surface area is 153 Å². The van der Waals surface area contributed by atoms with Crippen molar-refractivity contribution >= 4 is 25.0 Å². The molecule has 2 rings (SSSR count). The molecule has 2 aromatic carbocycles. The summed E-state index contributed by atoms with van der Waals surface area (Å²) >= 11 is 0. The molecule has 0 bridgehead atoms. The van der Waals surface area contributed by atoms with Crippen molar-refractivity contribution in [1.82, 2.24) is 0 Å². The molecule has 0 aliphatic heterocycles. The van der Waals surface area contributed by atoms with E-state index >= 15 is 0 Å². The van der Waals surface area contributed by atoms with Gasteiger partial charge in [0.05, 0.1) is 0 Å². The molecule has 0 heterocycles. The Bertz CT molecular complexity index is 607. The molecule has 0 radical (unpaired) electrons. The molecule has 0 aliphatic rings. The summed E-state index contributed by atoms with van der Waals surface area (Å²) in [6.07, 6.45) is 2.48. The fourth-order valence-corrected chi connectivity index (χ4v) is 8.15. The largest absolute Gasteiger partial charge is 0.407 e. The summed E-state index contributed by atoms with van der Waals surface area (Å²) < 4.78 is 6.85. The van der Waals surface area contributed by atoms with Gasteiger partial charge in [-0.3, -0.25) is 0 Å². The summed E-state index contributed by atoms with van der Waals surface area (Å²) in [6, 6.07) is 21.4. The minimum absolute atomic E-state index is 0.0000851. The second kappa shape index (κ2) is 8.59. The van der Waals surface area contributed by atoms with Gasteiger partial charge in [-0.15, -0.1) is 0 Å². The quantitative estimate of drug-likeness (QED) is 0.525. The number of rotatable bonds is 8. The molecular formula is C22H30O2Si. The van der Waals surface area contributed by atoms with Crippen molar-refractivity contribution in [2.24, 2.45) is 5.92 Å². The van der Waals surface area contributed by atoms with Crippen LogP contribution in [-0.4, -0.2) is 21.2 Å². The van der Waals surface area contributed by atoms with Gasteiger partial charge in [0.2, 0.25) is 0 Å². The third kappa shape index (κ3) is 4.47. The first-order valence-electron chi connectivity index (χ1n) is 9.10. The number of benzene rings is 2. The standard InChI is InChI=1S/C22H30O2Si/c1-19(12-11-17-23)18-24-25(22(2,3)4,20-13-7-5-8-14-20)21-15-9-6-10-16-21/h5-10,13-17,19H,11-12,18H2,1-4H3. The second-order valence-electron chi connectivity index (χ2n) is 7.82. The van der Waals surface area contributed by atoms with Gasteiger partial charge in [0, 0.05) is 13.0 Å². The van der Waals surface area contributed by atoms with E-state index in [-0.39, 0.29) is 5.04 Å². The second-order valence-corrected chi connectivity index (χ2v) is 12.1. The highest BCUT2D eigenvalue weighted by molar-refractivity contribution is 6.99. The van der Waals surface area contributed by atoms with Crippen LogP contribution in [-0.2, 0) is 9.22 Å². The van der Waals surface area contributed by atoms with Crippen LogP contribution in [0.25, 0.3) is 0 Å². The van der Waals surface area contributed by atoms with E-state index in [2.05, 4.69) is 88.4 Å². The van der Waals surface area contributed by atoms with Crippen LogP contribution in [0, 0.1) is 5.92 Å². The minimum atomic E-state index is -2.44. The van der Waals surface area contributed by atoms with E-state index in [9.17, 15) is 4.79 Å². The van der Waals surface area contributed by atoms with E-state index < -0.39 is 8.32 Å². The van der Waals surface area contributed by atoms with Gasteiger partial charge in [0.15, 0.2) is 0 Å². The lowest BCUT2D eigenvalue weighted by Gasteiger charge is -2.43. The van der Waals surface area contributed by atoms with Crippen LogP contribution in [0.1, 0.15) is 40.5 Å². The van der Waals surface area contributed by atoms with E-state index in [1.54, 1.807) is 0 Å². The zero-order valence-electron chi connectivity index (χ0n) is 15.9. The number of carbonyl (C=O) groups excluding carboxylic acids is 1. The number of hydrogen-bond acceptors (Lipinski definition) is 2. The monoisotopic (exact) mass is 354 g/mol. The maximum atomic E-state index is 10.7. The van der Waals surface area contributed by atoms with Gasteiger partial charge in [0.25, 0.3) is 8.32 Å². The average Bonchev–Trinajstić information content (AvgIpc) is 2.61. The van der Waals surface area contributed by atoms with Gasteiger partial charge in [0.1, 0.15) is 6.29 Å². The number of hydrogen-bond donors (Lipinski definition) is 0. The van der Waals surface area contributed by atoms with E-state index in [1.165, 1.54) is 10.4 Å². The molecule has 3 heteroatoms. The van der Waals surface area contributed by atoms with Gasteiger partial charge in [-0.05, 0) is 27.8 Å². The molecule has 0 saturated heterocycles. The fraction of sp³-hybridized carbons (Fsp3) is 0.409. The summed E-state index contributed by atoms with van der Waals surface area (Å²) in [4.78, 5) is 10.7. The minimum Gasteiger partial charge on any atom is -0.407 e. The van der Waals surface area contributed by atoms with Crippen molar-refractivity contribution in [2.45, 2.75) is 45.6 Å². The van der Waals surface area contributed by atoms with Crippen LogP contribution in [0.2, 0.25) is 5.04 Å². The zero-order chi connectivity index (χ0) is 18.3. The van der Waals surface area contributed by atoms with Gasteiger partial charge in [-0.2, -0.15) is 0 Å². The van der Waals surface area contributed by atoms with Crippen LogP contribution in [0.15, 0.2) is 60.7 Å². The Morgan fingerprint density at radius 1 is 0.960 bits per heavy atom. The fourth-order valence-electron chi connectivity index (χ4n) is 3.46. The molecule has 0 saturated carbocycles. The normalized spacial score (nSPS) is 13.4. The lowest BCUT2D eigenvalue weighted by Crippen LogP contribution is -2.66. The molecule has 2 aromatic rings. The van der Waals surface area contributed by atoms with Crippen LogP contribution >= 0.6 is 0 Å². The smallest absolute Gasteiger partial charge is 0.261 e. The van der Waals surface area contributed by atoms with E-state index in [1.807, 2.05) is 0 Å². The maximum absolute atomic E-state index is 10.7. The van der Waals surface area contributed by atoms with Crippen LogP contribution in [0.5, 0.6) is 0 Å². The van der Waals surface area contributed by atoms with Crippen LogP contribution in [0.4, 0.5) is 0 Å². The molecule has 0 amide bonds. The molecule has 0 fully saturated rings. The number of carbonyl (C=O) groups is 1. The summed E-state index contributed by atoms with van der Waals surface area (Å²) in [5, 5.41) is 2.60. The van der Waals surface area contributed by atoms with Gasteiger partial charge in [-0.1, -0.05) is 88.4 Å². The first-order chi connectivity index (χ1) is 11.9. The van der Waals surface area contributed by atoms with Crippen molar-refractivity contribution in [3.63, 3.8) is 0 Å². The summed E-state index contributed by atoms with van der Waals surface area (Å²) in [6.45, 7) is 9.71. The highest BCUT2D eigenvalue weighted by Crippen LogP contribution is 2.37. The zero-order valence-corrected chi connectivity index (χ0v) is 16.9. The average molecular weight is 355 g/mol. The van der Waals surface area contributed by atoms with Crippen molar-refractivity contribution in [3.05, 3.63) is 60.7 Å². The lowest BCUT2D eigenvalue weighted by atomic mass is 10.1. The molecule has 1 atom stereocenters. The highest BCUT2D eigenvalue weighted by Gasteiger charge is 2.50. The predicted molar refractivity (Wildman–Crippen MR) is 108 cm³/mol. The Morgan fingerprint density at radius 2 is 1.44 bits per heavy atom. The molecule has 0 aliphatic carbocycles.